The van der Waals surface area contributed by atoms with E-state index in [0.717, 1.165) is 27.8 Å². The first-order chi connectivity index (χ1) is 7.63. The molecule has 3 heteroatoms. The first kappa shape index (κ1) is 11.1. The topological polar surface area (TPSA) is 14.2 Å². The van der Waals surface area contributed by atoms with Crippen LogP contribution < -0.4 is 4.74 Å². The SMILES string of the molecule is COc1ccc(Cl)c(-n2c(C)ccc2C)c1. The van der Waals surface area contributed by atoms with Gasteiger partial charge in [0.2, 0.25) is 0 Å². The van der Waals surface area contributed by atoms with Crippen LogP contribution in [0.1, 0.15) is 11.4 Å². The molecular weight excluding hydrogens is 222 g/mol. The maximum atomic E-state index is 6.21. The average molecular weight is 236 g/mol. The minimum absolute atomic E-state index is 0.725. The molecule has 0 spiro atoms. The van der Waals surface area contributed by atoms with Crippen LogP contribution in [-0.2, 0) is 0 Å². The summed E-state index contributed by atoms with van der Waals surface area (Å²) in [6.45, 7) is 4.12. The summed E-state index contributed by atoms with van der Waals surface area (Å²) in [6.07, 6.45) is 0. The van der Waals surface area contributed by atoms with Gasteiger partial charge in [-0.3, -0.25) is 0 Å². The smallest absolute Gasteiger partial charge is 0.121 e. The zero-order chi connectivity index (χ0) is 11.7. The zero-order valence-electron chi connectivity index (χ0n) is 9.62. The molecule has 0 radical (unpaired) electrons. The van der Waals surface area contributed by atoms with Gasteiger partial charge in [0.05, 0.1) is 17.8 Å². The van der Waals surface area contributed by atoms with Crippen LogP contribution >= 0.6 is 11.6 Å². The summed E-state index contributed by atoms with van der Waals surface area (Å²) in [5.41, 5.74) is 3.28. The van der Waals surface area contributed by atoms with E-state index in [0.29, 0.717) is 0 Å². The van der Waals surface area contributed by atoms with Crippen LogP contribution in [0, 0.1) is 13.8 Å². The molecule has 0 bridgehead atoms. The summed E-state index contributed by atoms with van der Waals surface area (Å²) in [5.74, 6) is 0.812. The minimum Gasteiger partial charge on any atom is -0.497 e. The normalized spacial score (nSPS) is 10.5. The summed E-state index contributed by atoms with van der Waals surface area (Å²) in [4.78, 5) is 0. The van der Waals surface area contributed by atoms with Gasteiger partial charge in [-0.1, -0.05) is 11.6 Å². The van der Waals surface area contributed by atoms with Gasteiger partial charge < -0.3 is 9.30 Å². The van der Waals surface area contributed by atoms with Crippen molar-refractivity contribution in [2.75, 3.05) is 7.11 Å². The number of nitrogens with zero attached hydrogens (tertiary/aromatic N) is 1. The lowest BCUT2D eigenvalue weighted by Gasteiger charge is -2.12. The third-order valence-corrected chi connectivity index (χ3v) is 2.98. The van der Waals surface area contributed by atoms with Crippen molar-refractivity contribution < 1.29 is 4.74 Å². The molecular formula is C13H14ClNO. The predicted octanol–water partition coefficient (Wildman–Crippen LogP) is 3.76. The van der Waals surface area contributed by atoms with Crippen molar-refractivity contribution in [2.45, 2.75) is 13.8 Å². The van der Waals surface area contributed by atoms with E-state index in [1.54, 1.807) is 7.11 Å². The molecule has 1 aromatic carbocycles. The maximum absolute atomic E-state index is 6.21. The largest absolute Gasteiger partial charge is 0.497 e. The lowest BCUT2D eigenvalue weighted by molar-refractivity contribution is 0.414. The number of aryl methyl sites for hydroxylation is 2. The molecule has 0 aliphatic rings. The summed E-state index contributed by atoms with van der Waals surface area (Å²) in [7, 11) is 1.66. The second-order valence-electron chi connectivity index (χ2n) is 3.77. The van der Waals surface area contributed by atoms with E-state index in [2.05, 4.69) is 30.5 Å². The molecule has 0 saturated carbocycles. The van der Waals surface area contributed by atoms with E-state index in [1.165, 1.54) is 0 Å². The first-order valence-electron chi connectivity index (χ1n) is 5.12. The quantitative estimate of drug-likeness (QED) is 0.773. The van der Waals surface area contributed by atoms with Crippen molar-refractivity contribution in [3.63, 3.8) is 0 Å². The number of methoxy groups -OCH3 is 1. The second-order valence-corrected chi connectivity index (χ2v) is 4.18. The van der Waals surface area contributed by atoms with Crippen molar-refractivity contribution in [3.8, 4) is 11.4 Å². The number of aromatic nitrogens is 1. The van der Waals surface area contributed by atoms with Crippen LogP contribution in [0.5, 0.6) is 5.75 Å². The number of halogens is 1. The number of hydrogen-bond acceptors (Lipinski definition) is 1. The standard InChI is InChI=1S/C13H14ClNO/c1-9-4-5-10(2)15(9)13-8-11(16-3)6-7-12(13)14/h4-8H,1-3H3. The number of benzene rings is 1. The molecule has 0 saturated heterocycles. The zero-order valence-corrected chi connectivity index (χ0v) is 10.4. The molecule has 1 aromatic heterocycles. The molecule has 1 heterocycles. The Morgan fingerprint density at radius 3 is 2.25 bits per heavy atom. The summed E-state index contributed by atoms with van der Waals surface area (Å²) >= 11 is 6.21. The van der Waals surface area contributed by atoms with Crippen LogP contribution in [0.4, 0.5) is 0 Å². The third kappa shape index (κ3) is 1.81. The molecule has 16 heavy (non-hydrogen) atoms. The van der Waals surface area contributed by atoms with Crippen LogP contribution in [0.25, 0.3) is 5.69 Å². The monoisotopic (exact) mass is 235 g/mol. The number of hydrogen-bond donors (Lipinski definition) is 0. The highest BCUT2D eigenvalue weighted by atomic mass is 35.5. The van der Waals surface area contributed by atoms with Gasteiger partial charge in [0, 0.05) is 17.5 Å². The fourth-order valence-electron chi connectivity index (χ4n) is 1.84. The Labute approximate surface area is 100 Å². The van der Waals surface area contributed by atoms with Gasteiger partial charge in [-0.2, -0.15) is 0 Å². The molecule has 0 atom stereocenters. The summed E-state index contributed by atoms with van der Waals surface area (Å²) in [6, 6.07) is 9.81. The Morgan fingerprint density at radius 1 is 1.06 bits per heavy atom. The Balaban J connectivity index is 2.63. The van der Waals surface area contributed by atoms with E-state index < -0.39 is 0 Å². The molecule has 2 aromatic rings. The van der Waals surface area contributed by atoms with Gasteiger partial charge >= 0.3 is 0 Å². The van der Waals surface area contributed by atoms with E-state index >= 15 is 0 Å². The molecule has 84 valence electrons. The van der Waals surface area contributed by atoms with Gasteiger partial charge in [-0.15, -0.1) is 0 Å². The van der Waals surface area contributed by atoms with E-state index in [1.807, 2.05) is 18.2 Å². The predicted molar refractivity (Wildman–Crippen MR) is 66.8 cm³/mol. The average Bonchev–Trinajstić information content (AvgIpc) is 2.60. The molecule has 0 aliphatic carbocycles. The highest BCUT2D eigenvalue weighted by Gasteiger charge is 2.08. The highest BCUT2D eigenvalue weighted by Crippen LogP contribution is 2.28. The van der Waals surface area contributed by atoms with Gasteiger partial charge in [0.15, 0.2) is 0 Å². The van der Waals surface area contributed by atoms with Crippen molar-refractivity contribution in [2.24, 2.45) is 0 Å². The van der Waals surface area contributed by atoms with Crippen LogP contribution in [0.2, 0.25) is 5.02 Å². The van der Waals surface area contributed by atoms with Crippen LogP contribution in [0.3, 0.4) is 0 Å². The highest BCUT2D eigenvalue weighted by molar-refractivity contribution is 6.32. The molecule has 0 amide bonds. The molecule has 0 aliphatic heterocycles. The molecule has 0 fully saturated rings. The first-order valence-corrected chi connectivity index (χ1v) is 5.50. The van der Waals surface area contributed by atoms with Gasteiger partial charge in [0.25, 0.3) is 0 Å². The third-order valence-electron chi connectivity index (χ3n) is 2.67. The number of ether oxygens (including phenoxy) is 1. The Hall–Kier alpha value is -1.41. The summed E-state index contributed by atoms with van der Waals surface area (Å²) in [5, 5.41) is 0.725. The number of rotatable bonds is 2. The molecule has 2 rings (SSSR count). The van der Waals surface area contributed by atoms with Gasteiger partial charge in [0.1, 0.15) is 5.75 Å². The Kier molecular flexibility index (Phi) is 2.92. The second kappa shape index (κ2) is 4.22. The van der Waals surface area contributed by atoms with Crippen molar-refractivity contribution in [3.05, 3.63) is 46.7 Å². The molecule has 0 N–H and O–H groups in total. The lowest BCUT2D eigenvalue weighted by atomic mass is 10.3. The maximum Gasteiger partial charge on any atom is 0.121 e. The Bertz CT molecular complexity index is 497. The van der Waals surface area contributed by atoms with Gasteiger partial charge in [-0.25, -0.2) is 0 Å². The Morgan fingerprint density at radius 2 is 1.69 bits per heavy atom. The van der Waals surface area contributed by atoms with Crippen LogP contribution in [-0.4, -0.2) is 11.7 Å². The summed E-state index contributed by atoms with van der Waals surface area (Å²) < 4.78 is 7.33. The lowest BCUT2D eigenvalue weighted by Crippen LogP contribution is -2.00. The molecule has 0 unspecified atom stereocenters. The van der Waals surface area contributed by atoms with Crippen molar-refractivity contribution >= 4 is 11.6 Å². The molecule has 2 nitrogen and oxygen atoms in total. The fraction of sp³-hybridized carbons (Fsp3) is 0.231. The van der Waals surface area contributed by atoms with E-state index in [-0.39, 0.29) is 0 Å². The van der Waals surface area contributed by atoms with E-state index in [9.17, 15) is 0 Å². The minimum atomic E-state index is 0.725. The van der Waals surface area contributed by atoms with E-state index in [4.69, 9.17) is 16.3 Å². The van der Waals surface area contributed by atoms with Gasteiger partial charge in [-0.05, 0) is 38.1 Å². The van der Waals surface area contributed by atoms with Crippen molar-refractivity contribution in [1.82, 2.24) is 4.57 Å². The van der Waals surface area contributed by atoms with Crippen LogP contribution in [0.15, 0.2) is 30.3 Å². The fourth-order valence-corrected chi connectivity index (χ4v) is 2.04. The van der Waals surface area contributed by atoms with Crippen molar-refractivity contribution in [1.29, 1.82) is 0 Å².